The predicted molar refractivity (Wildman–Crippen MR) is 69.3 cm³/mol. The quantitative estimate of drug-likeness (QED) is 0.747. The summed E-state index contributed by atoms with van der Waals surface area (Å²) in [4.78, 5) is 0. The van der Waals surface area contributed by atoms with E-state index in [-0.39, 0.29) is 0 Å². The molecule has 0 atom stereocenters. The zero-order valence-electron chi connectivity index (χ0n) is 10.2. The number of benzene rings is 2. The van der Waals surface area contributed by atoms with Gasteiger partial charge in [0.1, 0.15) is 5.69 Å². The Morgan fingerprint density at radius 3 is 2.56 bits per heavy atom. The standard InChI is InChI=1S/C14H13NO3/c1-16-12-8-7-11-13(14(12)17-2)15-9-5-3-4-6-10(9)18-11/h3-8,15H,1-2H3. The van der Waals surface area contributed by atoms with Crippen molar-refractivity contribution in [2.75, 3.05) is 19.5 Å². The highest BCUT2D eigenvalue weighted by Gasteiger charge is 2.22. The Kier molecular flexibility index (Phi) is 2.48. The molecular weight excluding hydrogens is 230 g/mol. The Balaban J connectivity index is 2.13. The average molecular weight is 243 g/mol. The van der Waals surface area contributed by atoms with Crippen LogP contribution in [-0.2, 0) is 0 Å². The molecule has 1 aliphatic heterocycles. The molecule has 4 nitrogen and oxygen atoms in total. The second kappa shape index (κ2) is 4.14. The molecule has 4 heteroatoms. The molecule has 18 heavy (non-hydrogen) atoms. The Bertz CT molecular complexity index is 596. The van der Waals surface area contributed by atoms with E-state index in [0.29, 0.717) is 11.5 Å². The van der Waals surface area contributed by atoms with Gasteiger partial charge >= 0.3 is 0 Å². The number of methoxy groups -OCH3 is 2. The second-order valence-corrected chi connectivity index (χ2v) is 3.90. The van der Waals surface area contributed by atoms with Gasteiger partial charge in [-0.2, -0.15) is 0 Å². The van der Waals surface area contributed by atoms with E-state index >= 15 is 0 Å². The largest absolute Gasteiger partial charge is 0.493 e. The molecule has 0 aromatic heterocycles. The lowest BCUT2D eigenvalue weighted by Gasteiger charge is -2.24. The summed E-state index contributed by atoms with van der Waals surface area (Å²) in [5, 5.41) is 3.30. The van der Waals surface area contributed by atoms with Crippen LogP contribution in [0.25, 0.3) is 0 Å². The van der Waals surface area contributed by atoms with Gasteiger partial charge < -0.3 is 19.5 Å². The molecular formula is C14H13NO3. The van der Waals surface area contributed by atoms with Crippen molar-refractivity contribution >= 4 is 11.4 Å². The van der Waals surface area contributed by atoms with Crippen molar-refractivity contribution in [1.82, 2.24) is 0 Å². The Morgan fingerprint density at radius 2 is 1.78 bits per heavy atom. The van der Waals surface area contributed by atoms with Crippen LogP contribution in [0.5, 0.6) is 23.0 Å². The van der Waals surface area contributed by atoms with Crippen LogP contribution in [0.4, 0.5) is 11.4 Å². The molecule has 0 saturated carbocycles. The van der Waals surface area contributed by atoms with Crippen molar-refractivity contribution in [3.8, 4) is 23.0 Å². The molecule has 2 aromatic carbocycles. The molecule has 92 valence electrons. The van der Waals surface area contributed by atoms with Crippen molar-refractivity contribution in [3.05, 3.63) is 36.4 Å². The van der Waals surface area contributed by atoms with Crippen molar-refractivity contribution in [2.45, 2.75) is 0 Å². The first-order valence-corrected chi connectivity index (χ1v) is 5.62. The van der Waals surface area contributed by atoms with Crippen LogP contribution in [0.15, 0.2) is 36.4 Å². The van der Waals surface area contributed by atoms with E-state index in [4.69, 9.17) is 14.2 Å². The zero-order chi connectivity index (χ0) is 12.5. The molecule has 3 rings (SSSR count). The van der Waals surface area contributed by atoms with Gasteiger partial charge in [-0.05, 0) is 24.3 Å². The molecule has 0 amide bonds. The third kappa shape index (κ3) is 1.54. The molecule has 0 spiro atoms. The van der Waals surface area contributed by atoms with Crippen LogP contribution >= 0.6 is 0 Å². The maximum absolute atomic E-state index is 5.82. The fraction of sp³-hybridized carbons (Fsp3) is 0.143. The van der Waals surface area contributed by atoms with E-state index in [9.17, 15) is 0 Å². The first kappa shape index (κ1) is 10.8. The minimum atomic E-state index is 0.643. The molecule has 1 aliphatic rings. The van der Waals surface area contributed by atoms with Gasteiger partial charge in [0.2, 0.25) is 0 Å². The van der Waals surface area contributed by atoms with Gasteiger partial charge in [-0.3, -0.25) is 0 Å². The fourth-order valence-corrected chi connectivity index (χ4v) is 2.02. The van der Waals surface area contributed by atoms with E-state index in [2.05, 4.69) is 5.32 Å². The van der Waals surface area contributed by atoms with Gasteiger partial charge in [0.15, 0.2) is 23.0 Å². The summed E-state index contributed by atoms with van der Waals surface area (Å²) in [6.07, 6.45) is 0. The number of hydrogen-bond acceptors (Lipinski definition) is 4. The number of ether oxygens (including phenoxy) is 3. The van der Waals surface area contributed by atoms with E-state index in [1.54, 1.807) is 14.2 Å². The van der Waals surface area contributed by atoms with E-state index in [1.165, 1.54) is 0 Å². The van der Waals surface area contributed by atoms with Crippen LogP contribution in [0, 0.1) is 0 Å². The van der Waals surface area contributed by atoms with Crippen molar-refractivity contribution in [3.63, 3.8) is 0 Å². The van der Waals surface area contributed by atoms with Crippen molar-refractivity contribution < 1.29 is 14.2 Å². The minimum Gasteiger partial charge on any atom is -0.493 e. The summed E-state index contributed by atoms with van der Waals surface area (Å²) in [6.45, 7) is 0. The van der Waals surface area contributed by atoms with Gasteiger partial charge in [0, 0.05) is 0 Å². The first-order valence-electron chi connectivity index (χ1n) is 5.62. The molecule has 0 radical (unpaired) electrons. The summed E-state index contributed by atoms with van der Waals surface area (Å²) in [5.74, 6) is 2.85. The van der Waals surface area contributed by atoms with E-state index in [1.807, 2.05) is 36.4 Å². The van der Waals surface area contributed by atoms with E-state index in [0.717, 1.165) is 22.9 Å². The molecule has 0 fully saturated rings. The molecule has 0 unspecified atom stereocenters. The summed E-state index contributed by atoms with van der Waals surface area (Å²) < 4.78 is 16.5. The third-order valence-corrected chi connectivity index (χ3v) is 2.87. The maximum atomic E-state index is 5.82. The van der Waals surface area contributed by atoms with Crippen LogP contribution in [0.1, 0.15) is 0 Å². The third-order valence-electron chi connectivity index (χ3n) is 2.87. The normalized spacial score (nSPS) is 11.7. The van der Waals surface area contributed by atoms with Gasteiger partial charge in [-0.15, -0.1) is 0 Å². The van der Waals surface area contributed by atoms with E-state index < -0.39 is 0 Å². The lowest BCUT2D eigenvalue weighted by Crippen LogP contribution is -2.05. The number of anilines is 2. The predicted octanol–water partition coefficient (Wildman–Crippen LogP) is 3.55. The maximum Gasteiger partial charge on any atom is 0.188 e. The number of hydrogen-bond donors (Lipinski definition) is 1. The fourth-order valence-electron chi connectivity index (χ4n) is 2.02. The van der Waals surface area contributed by atoms with Gasteiger partial charge in [-0.1, -0.05) is 12.1 Å². The zero-order valence-corrected chi connectivity index (χ0v) is 10.2. The minimum absolute atomic E-state index is 0.643. The molecule has 1 N–H and O–H groups in total. The first-order chi connectivity index (χ1) is 8.83. The number of para-hydroxylation sites is 2. The SMILES string of the molecule is COc1ccc2c(c1OC)Nc1ccccc1O2. The van der Waals surface area contributed by atoms with Gasteiger partial charge in [0.05, 0.1) is 19.9 Å². The lowest BCUT2D eigenvalue weighted by atomic mass is 10.2. The molecule has 0 bridgehead atoms. The Morgan fingerprint density at radius 1 is 0.944 bits per heavy atom. The van der Waals surface area contributed by atoms with Gasteiger partial charge in [-0.25, -0.2) is 0 Å². The van der Waals surface area contributed by atoms with Crippen LogP contribution in [-0.4, -0.2) is 14.2 Å². The molecule has 1 heterocycles. The number of fused-ring (bicyclic) bond motifs is 2. The number of nitrogens with one attached hydrogen (secondary N) is 1. The van der Waals surface area contributed by atoms with Crippen LogP contribution in [0.3, 0.4) is 0 Å². The Labute approximate surface area is 105 Å². The highest BCUT2D eigenvalue weighted by atomic mass is 16.5. The average Bonchev–Trinajstić information content (AvgIpc) is 2.43. The van der Waals surface area contributed by atoms with Crippen molar-refractivity contribution in [2.24, 2.45) is 0 Å². The highest BCUT2D eigenvalue weighted by Crippen LogP contribution is 2.49. The summed E-state index contributed by atoms with van der Waals surface area (Å²) >= 11 is 0. The monoisotopic (exact) mass is 243 g/mol. The van der Waals surface area contributed by atoms with Gasteiger partial charge in [0.25, 0.3) is 0 Å². The molecule has 2 aromatic rings. The molecule has 0 saturated heterocycles. The summed E-state index contributed by atoms with van der Waals surface area (Å²) in [7, 11) is 3.22. The second-order valence-electron chi connectivity index (χ2n) is 3.90. The lowest BCUT2D eigenvalue weighted by molar-refractivity contribution is 0.353. The topological polar surface area (TPSA) is 39.7 Å². The summed E-state index contributed by atoms with van der Waals surface area (Å²) in [6, 6.07) is 11.4. The smallest absolute Gasteiger partial charge is 0.188 e. The van der Waals surface area contributed by atoms with Crippen LogP contribution in [0.2, 0.25) is 0 Å². The van der Waals surface area contributed by atoms with Crippen molar-refractivity contribution in [1.29, 1.82) is 0 Å². The van der Waals surface area contributed by atoms with Crippen LogP contribution < -0.4 is 19.5 Å². The summed E-state index contributed by atoms with van der Waals surface area (Å²) in [5.41, 5.74) is 1.70. The molecule has 0 aliphatic carbocycles. The highest BCUT2D eigenvalue weighted by molar-refractivity contribution is 5.82. The Hall–Kier alpha value is -2.36. The number of rotatable bonds is 2.